The highest BCUT2D eigenvalue weighted by atomic mass is 16.5. The predicted molar refractivity (Wildman–Crippen MR) is 112 cm³/mol. The molecule has 148 valence electrons. The number of aromatic amines is 1. The lowest BCUT2D eigenvalue weighted by molar-refractivity contribution is 0.122. The summed E-state index contributed by atoms with van der Waals surface area (Å²) >= 11 is 0. The van der Waals surface area contributed by atoms with Gasteiger partial charge in [-0.05, 0) is 25.5 Å². The van der Waals surface area contributed by atoms with Crippen LogP contribution in [0.25, 0.3) is 6.08 Å². The maximum Gasteiger partial charge on any atom is 0.252 e. The van der Waals surface area contributed by atoms with Gasteiger partial charge in [0.05, 0.1) is 18.9 Å². The Hall–Kier alpha value is -2.44. The number of likely N-dealkylation sites (tertiary alicyclic amines) is 1. The summed E-state index contributed by atoms with van der Waals surface area (Å²) in [6.45, 7) is 8.01. The minimum Gasteiger partial charge on any atom is -0.378 e. The molecule has 6 heteroatoms. The summed E-state index contributed by atoms with van der Waals surface area (Å²) in [5, 5.41) is 0. The minimum absolute atomic E-state index is 0.0647. The number of H-pyrrole nitrogens is 1. The van der Waals surface area contributed by atoms with Gasteiger partial charge in [0.25, 0.3) is 5.56 Å². The van der Waals surface area contributed by atoms with Crippen molar-refractivity contribution in [1.29, 1.82) is 0 Å². The topological polar surface area (TPSA) is 61.5 Å². The van der Waals surface area contributed by atoms with E-state index in [4.69, 9.17) is 9.72 Å². The van der Waals surface area contributed by atoms with Crippen molar-refractivity contribution in [2.75, 3.05) is 50.8 Å². The number of hydrogen-bond donors (Lipinski definition) is 1. The normalized spacial score (nSPS) is 21.2. The zero-order valence-corrected chi connectivity index (χ0v) is 16.4. The van der Waals surface area contributed by atoms with Crippen LogP contribution in [0.4, 0.5) is 5.95 Å². The number of nitrogens with zero attached hydrogens (tertiary/aromatic N) is 3. The molecule has 2 aliphatic rings. The van der Waals surface area contributed by atoms with Crippen molar-refractivity contribution in [2.24, 2.45) is 0 Å². The molecule has 1 N–H and O–H groups in total. The molecule has 4 rings (SSSR count). The van der Waals surface area contributed by atoms with Crippen molar-refractivity contribution in [1.82, 2.24) is 14.9 Å². The monoisotopic (exact) mass is 380 g/mol. The fourth-order valence-electron chi connectivity index (χ4n) is 4.05. The first-order chi connectivity index (χ1) is 13.7. The molecule has 1 unspecified atom stereocenters. The van der Waals surface area contributed by atoms with E-state index in [0.717, 1.165) is 44.8 Å². The number of aromatic nitrogens is 2. The standard InChI is InChI=1S/C22H28N4O2/c1-17(13-18-5-3-2-4-6-18)15-25-8-7-19(16-25)20-14-21(27)24-22(23-20)26-9-11-28-12-10-26/h2-6,13-14,19H,7-12,15-16H2,1H3,(H,23,24,27). The number of nitrogens with one attached hydrogen (secondary N) is 1. The number of hydrogen-bond acceptors (Lipinski definition) is 5. The van der Waals surface area contributed by atoms with Gasteiger partial charge in [-0.1, -0.05) is 42.0 Å². The second-order valence-electron chi connectivity index (χ2n) is 7.72. The molecule has 0 bridgehead atoms. The highest BCUT2D eigenvalue weighted by Crippen LogP contribution is 2.26. The summed E-state index contributed by atoms with van der Waals surface area (Å²) in [5.41, 5.74) is 3.43. The van der Waals surface area contributed by atoms with Gasteiger partial charge in [-0.3, -0.25) is 14.7 Å². The summed E-state index contributed by atoms with van der Waals surface area (Å²) in [6.07, 6.45) is 3.28. The van der Waals surface area contributed by atoms with Crippen LogP contribution in [0.1, 0.15) is 30.5 Å². The van der Waals surface area contributed by atoms with Gasteiger partial charge in [0.2, 0.25) is 5.95 Å². The van der Waals surface area contributed by atoms with E-state index in [-0.39, 0.29) is 5.56 Å². The van der Waals surface area contributed by atoms with Crippen molar-refractivity contribution in [3.8, 4) is 0 Å². The Bertz CT molecular complexity index is 872. The van der Waals surface area contributed by atoms with Crippen molar-refractivity contribution < 1.29 is 4.74 Å². The van der Waals surface area contributed by atoms with Crippen molar-refractivity contribution >= 4 is 12.0 Å². The Morgan fingerprint density at radius 2 is 2.04 bits per heavy atom. The van der Waals surface area contributed by atoms with Gasteiger partial charge in [-0.25, -0.2) is 4.98 Å². The second kappa shape index (κ2) is 8.71. The zero-order valence-electron chi connectivity index (χ0n) is 16.4. The lowest BCUT2D eigenvalue weighted by atomic mass is 10.0. The Balaban J connectivity index is 1.42. The van der Waals surface area contributed by atoms with E-state index in [2.05, 4.69) is 52.0 Å². The lowest BCUT2D eigenvalue weighted by Gasteiger charge is -2.27. The Kier molecular flexibility index (Phi) is 5.88. The summed E-state index contributed by atoms with van der Waals surface area (Å²) in [4.78, 5) is 24.4. The Morgan fingerprint density at radius 1 is 1.25 bits per heavy atom. The SMILES string of the molecule is CC(=Cc1ccccc1)CN1CCC(c2cc(=O)[nH]c(N3CCOCC3)n2)C1. The highest BCUT2D eigenvalue weighted by Gasteiger charge is 2.26. The molecule has 28 heavy (non-hydrogen) atoms. The number of ether oxygens (including phenoxy) is 1. The molecule has 2 saturated heterocycles. The lowest BCUT2D eigenvalue weighted by Crippen LogP contribution is -2.38. The quantitative estimate of drug-likeness (QED) is 0.864. The van der Waals surface area contributed by atoms with E-state index < -0.39 is 0 Å². The molecule has 0 saturated carbocycles. The van der Waals surface area contributed by atoms with Crippen LogP contribution in [0.5, 0.6) is 0 Å². The van der Waals surface area contributed by atoms with Gasteiger partial charge < -0.3 is 9.64 Å². The van der Waals surface area contributed by atoms with Crippen LogP contribution in [0.3, 0.4) is 0 Å². The first-order valence-electron chi connectivity index (χ1n) is 10.1. The van der Waals surface area contributed by atoms with Gasteiger partial charge >= 0.3 is 0 Å². The van der Waals surface area contributed by atoms with Gasteiger partial charge in [-0.2, -0.15) is 0 Å². The van der Waals surface area contributed by atoms with Crippen LogP contribution in [-0.4, -0.2) is 60.8 Å². The molecular formula is C22H28N4O2. The van der Waals surface area contributed by atoms with Crippen LogP contribution in [-0.2, 0) is 4.74 Å². The Labute approximate surface area is 165 Å². The molecule has 1 atom stereocenters. The smallest absolute Gasteiger partial charge is 0.252 e. The molecule has 0 radical (unpaired) electrons. The molecule has 0 aliphatic carbocycles. The first-order valence-corrected chi connectivity index (χ1v) is 10.1. The molecule has 1 aromatic heterocycles. The van der Waals surface area contributed by atoms with Gasteiger partial charge in [0, 0.05) is 38.2 Å². The van der Waals surface area contributed by atoms with Gasteiger partial charge in [0.1, 0.15) is 0 Å². The van der Waals surface area contributed by atoms with E-state index >= 15 is 0 Å². The van der Waals surface area contributed by atoms with Crippen molar-refractivity contribution in [3.63, 3.8) is 0 Å². The number of rotatable bonds is 5. The molecule has 6 nitrogen and oxygen atoms in total. The maximum atomic E-state index is 12.2. The van der Waals surface area contributed by atoms with Crippen molar-refractivity contribution in [2.45, 2.75) is 19.3 Å². The molecule has 1 aromatic carbocycles. The molecule has 2 fully saturated rings. The van der Waals surface area contributed by atoms with Gasteiger partial charge in [0.15, 0.2) is 0 Å². The largest absolute Gasteiger partial charge is 0.378 e. The van der Waals surface area contributed by atoms with E-state index in [1.165, 1.54) is 11.1 Å². The fourth-order valence-corrected chi connectivity index (χ4v) is 4.05. The van der Waals surface area contributed by atoms with Gasteiger partial charge in [-0.15, -0.1) is 0 Å². The molecule has 0 spiro atoms. The number of morpholine rings is 1. The van der Waals surface area contributed by atoms with Crippen LogP contribution in [0.2, 0.25) is 0 Å². The molecule has 3 heterocycles. The van der Waals surface area contributed by atoms with E-state index in [9.17, 15) is 4.79 Å². The fraction of sp³-hybridized carbons (Fsp3) is 0.455. The zero-order chi connectivity index (χ0) is 19.3. The van der Waals surface area contributed by atoms with Crippen molar-refractivity contribution in [3.05, 3.63) is 63.6 Å². The highest BCUT2D eigenvalue weighted by molar-refractivity contribution is 5.52. The summed E-state index contributed by atoms with van der Waals surface area (Å²) < 4.78 is 5.40. The average molecular weight is 380 g/mol. The summed E-state index contributed by atoms with van der Waals surface area (Å²) in [7, 11) is 0. The van der Waals surface area contributed by atoms with Crippen LogP contribution in [0, 0.1) is 0 Å². The number of benzene rings is 1. The van der Waals surface area contributed by atoms with Crippen LogP contribution < -0.4 is 10.5 Å². The Morgan fingerprint density at radius 3 is 2.82 bits per heavy atom. The van der Waals surface area contributed by atoms with E-state index in [0.29, 0.717) is 25.1 Å². The molecule has 2 aliphatic heterocycles. The number of anilines is 1. The van der Waals surface area contributed by atoms with Crippen LogP contribution >= 0.6 is 0 Å². The minimum atomic E-state index is -0.0647. The van der Waals surface area contributed by atoms with E-state index in [1.807, 2.05) is 6.07 Å². The van der Waals surface area contributed by atoms with Crippen LogP contribution in [0.15, 0.2) is 46.8 Å². The first kappa shape index (κ1) is 18.9. The molecule has 0 amide bonds. The predicted octanol–water partition coefficient (Wildman–Crippen LogP) is 2.50. The second-order valence-corrected chi connectivity index (χ2v) is 7.72. The summed E-state index contributed by atoms with van der Waals surface area (Å²) in [5.74, 6) is 0.996. The molecule has 2 aromatic rings. The average Bonchev–Trinajstić information content (AvgIpc) is 3.17. The molecular weight excluding hydrogens is 352 g/mol. The maximum absolute atomic E-state index is 12.2. The third-order valence-corrected chi connectivity index (χ3v) is 5.44. The third-order valence-electron chi connectivity index (χ3n) is 5.44. The third kappa shape index (κ3) is 4.69. The van der Waals surface area contributed by atoms with E-state index in [1.54, 1.807) is 6.07 Å². The summed E-state index contributed by atoms with van der Waals surface area (Å²) in [6, 6.07) is 12.1.